The van der Waals surface area contributed by atoms with Crippen molar-refractivity contribution in [1.29, 1.82) is 0 Å². The third-order valence-electron chi connectivity index (χ3n) is 11.3. The van der Waals surface area contributed by atoms with E-state index >= 15 is 0 Å². The molecule has 336 valence electrons. The van der Waals surface area contributed by atoms with Crippen molar-refractivity contribution in [2.24, 2.45) is 0 Å². The summed E-state index contributed by atoms with van der Waals surface area (Å²) in [6.07, 6.45) is 50.9. The van der Waals surface area contributed by atoms with Crippen molar-refractivity contribution in [3.05, 3.63) is 12.2 Å². The van der Waals surface area contributed by atoms with Crippen molar-refractivity contribution in [2.75, 3.05) is 13.2 Å². The lowest BCUT2D eigenvalue weighted by molar-refractivity contribution is -0.167. The average molecular weight is 805 g/mol. The highest BCUT2D eigenvalue weighted by molar-refractivity contribution is 5.71. The molecular weight excluding hydrogens is 709 g/mol. The molecule has 0 rings (SSSR count). The third-order valence-corrected chi connectivity index (χ3v) is 11.3. The van der Waals surface area contributed by atoms with Crippen molar-refractivity contribution >= 4 is 17.9 Å². The second-order valence-corrected chi connectivity index (χ2v) is 17.1. The van der Waals surface area contributed by atoms with E-state index in [4.69, 9.17) is 14.2 Å². The zero-order chi connectivity index (χ0) is 41.5. The number of esters is 3. The molecule has 1 unspecified atom stereocenters. The minimum atomic E-state index is -0.765. The van der Waals surface area contributed by atoms with Crippen molar-refractivity contribution in [2.45, 2.75) is 284 Å². The fourth-order valence-corrected chi connectivity index (χ4v) is 7.45. The molecule has 6 heteroatoms. The van der Waals surface area contributed by atoms with Crippen LogP contribution in [-0.4, -0.2) is 37.2 Å². The van der Waals surface area contributed by atoms with Gasteiger partial charge in [-0.05, 0) is 38.5 Å². The van der Waals surface area contributed by atoms with E-state index in [0.29, 0.717) is 19.3 Å². The van der Waals surface area contributed by atoms with E-state index in [1.54, 1.807) is 0 Å². The van der Waals surface area contributed by atoms with Crippen LogP contribution in [0.1, 0.15) is 278 Å². The number of carbonyl (C=O) groups is 3. The van der Waals surface area contributed by atoms with Crippen molar-refractivity contribution in [3.63, 3.8) is 0 Å². The van der Waals surface area contributed by atoms with Crippen LogP contribution >= 0.6 is 0 Å². The first-order chi connectivity index (χ1) is 28.0. The molecule has 0 amide bonds. The summed E-state index contributed by atoms with van der Waals surface area (Å²) in [5, 5.41) is 0. The molecule has 0 bridgehead atoms. The number of hydrogen-bond donors (Lipinski definition) is 0. The summed E-state index contributed by atoms with van der Waals surface area (Å²) >= 11 is 0. The predicted molar refractivity (Wildman–Crippen MR) is 243 cm³/mol. The Labute approximate surface area is 354 Å². The lowest BCUT2D eigenvalue weighted by Gasteiger charge is -2.18. The largest absolute Gasteiger partial charge is 0.462 e. The van der Waals surface area contributed by atoms with Gasteiger partial charge in [0.25, 0.3) is 0 Å². The van der Waals surface area contributed by atoms with Crippen molar-refractivity contribution in [1.82, 2.24) is 0 Å². The van der Waals surface area contributed by atoms with Gasteiger partial charge >= 0.3 is 17.9 Å². The van der Waals surface area contributed by atoms with Crippen LogP contribution in [-0.2, 0) is 28.6 Å². The van der Waals surface area contributed by atoms with E-state index in [1.807, 2.05) is 0 Å². The standard InChI is InChI=1S/C51H96O6/c1-4-7-10-13-16-18-20-21-22-23-24-25-26-27-28-29-30-31-33-35-38-41-44-50(53)56-47-48(46-55-49(52)43-40-37-34-15-12-9-6-3)57-51(54)45-42-39-36-32-19-17-14-11-8-5-2/h11,14,48H,4-10,12-13,15-47H2,1-3H3/b14-11-. The Morgan fingerprint density at radius 1 is 0.333 bits per heavy atom. The Morgan fingerprint density at radius 2 is 0.614 bits per heavy atom. The molecule has 1 atom stereocenters. The van der Waals surface area contributed by atoms with E-state index in [-0.39, 0.29) is 31.1 Å². The van der Waals surface area contributed by atoms with E-state index in [9.17, 15) is 14.4 Å². The summed E-state index contributed by atoms with van der Waals surface area (Å²) in [6.45, 7) is 6.55. The summed E-state index contributed by atoms with van der Waals surface area (Å²) in [4.78, 5) is 37.6. The van der Waals surface area contributed by atoms with Crippen LogP contribution in [0, 0.1) is 0 Å². The summed E-state index contributed by atoms with van der Waals surface area (Å²) in [6, 6.07) is 0. The number of unbranched alkanes of at least 4 members (excludes halogenated alkanes) is 33. The first-order valence-electron chi connectivity index (χ1n) is 25.2. The lowest BCUT2D eigenvalue weighted by atomic mass is 10.0. The Morgan fingerprint density at radius 3 is 0.947 bits per heavy atom. The molecule has 0 aliphatic rings. The smallest absolute Gasteiger partial charge is 0.306 e. The second-order valence-electron chi connectivity index (χ2n) is 17.1. The number of carbonyl (C=O) groups excluding carboxylic acids is 3. The van der Waals surface area contributed by atoms with Gasteiger partial charge in [0, 0.05) is 19.3 Å². The molecule has 0 aliphatic heterocycles. The first-order valence-corrected chi connectivity index (χ1v) is 25.2. The molecule has 0 aliphatic carbocycles. The highest BCUT2D eigenvalue weighted by Crippen LogP contribution is 2.16. The van der Waals surface area contributed by atoms with Crippen molar-refractivity contribution in [3.8, 4) is 0 Å². The van der Waals surface area contributed by atoms with Gasteiger partial charge in [-0.2, -0.15) is 0 Å². The Balaban J connectivity index is 4.08. The molecule has 0 aromatic heterocycles. The highest BCUT2D eigenvalue weighted by Gasteiger charge is 2.19. The van der Waals surface area contributed by atoms with Crippen LogP contribution < -0.4 is 0 Å². The maximum atomic E-state index is 12.7. The fraction of sp³-hybridized carbons (Fsp3) is 0.902. The number of hydrogen-bond acceptors (Lipinski definition) is 6. The predicted octanol–water partition coefficient (Wildman–Crippen LogP) is 16.2. The molecular formula is C51H96O6. The molecule has 0 fully saturated rings. The molecule has 0 N–H and O–H groups in total. The maximum absolute atomic E-state index is 12.7. The number of ether oxygens (including phenoxy) is 3. The summed E-state index contributed by atoms with van der Waals surface area (Å²) < 4.78 is 16.7. The fourth-order valence-electron chi connectivity index (χ4n) is 7.45. The van der Waals surface area contributed by atoms with Crippen LogP contribution in [0.15, 0.2) is 12.2 Å². The number of allylic oxidation sites excluding steroid dienone is 2. The van der Waals surface area contributed by atoms with Crippen LogP contribution in [0.4, 0.5) is 0 Å². The zero-order valence-electron chi connectivity index (χ0n) is 38.4. The lowest BCUT2D eigenvalue weighted by Crippen LogP contribution is -2.30. The molecule has 0 aromatic carbocycles. The molecule has 0 spiro atoms. The normalized spacial score (nSPS) is 12.0. The van der Waals surface area contributed by atoms with Gasteiger partial charge in [0.15, 0.2) is 6.10 Å². The summed E-state index contributed by atoms with van der Waals surface area (Å²) in [5.41, 5.74) is 0. The van der Waals surface area contributed by atoms with Crippen molar-refractivity contribution < 1.29 is 28.6 Å². The van der Waals surface area contributed by atoms with Gasteiger partial charge in [-0.15, -0.1) is 0 Å². The van der Waals surface area contributed by atoms with Gasteiger partial charge < -0.3 is 14.2 Å². The number of rotatable bonds is 46. The Hall–Kier alpha value is -1.85. The molecule has 0 saturated heterocycles. The quantitative estimate of drug-likeness (QED) is 0.0264. The van der Waals surface area contributed by atoms with Crippen LogP contribution in [0.2, 0.25) is 0 Å². The van der Waals surface area contributed by atoms with Gasteiger partial charge in [-0.25, -0.2) is 0 Å². The van der Waals surface area contributed by atoms with Gasteiger partial charge in [0.05, 0.1) is 0 Å². The third kappa shape index (κ3) is 45.1. The Kier molecular flexibility index (Phi) is 45.3. The SMILES string of the molecule is CCC/C=C\CCCCCCCC(=O)OC(COC(=O)CCCCCCCCC)COC(=O)CCCCCCCCCCCCCCCCCCCCCCCC. The van der Waals surface area contributed by atoms with Crippen LogP contribution in [0.25, 0.3) is 0 Å². The highest BCUT2D eigenvalue weighted by atomic mass is 16.6. The van der Waals surface area contributed by atoms with Gasteiger partial charge in [-0.3, -0.25) is 14.4 Å². The minimum Gasteiger partial charge on any atom is -0.462 e. The van der Waals surface area contributed by atoms with Gasteiger partial charge in [-0.1, -0.05) is 232 Å². The first kappa shape index (κ1) is 55.2. The molecule has 0 radical (unpaired) electrons. The van der Waals surface area contributed by atoms with Crippen LogP contribution in [0.3, 0.4) is 0 Å². The van der Waals surface area contributed by atoms with E-state index in [2.05, 4.69) is 32.9 Å². The minimum absolute atomic E-state index is 0.0693. The molecule has 57 heavy (non-hydrogen) atoms. The molecule has 0 heterocycles. The molecule has 6 nitrogen and oxygen atoms in total. The molecule has 0 aromatic rings. The second kappa shape index (κ2) is 46.8. The van der Waals surface area contributed by atoms with E-state index in [1.165, 1.54) is 167 Å². The van der Waals surface area contributed by atoms with Gasteiger partial charge in [0.1, 0.15) is 13.2 Å². The van der Waals surface area contributed by atoms with E-state index in [0.717, 1.165) is 70.6 Å². The Bertz CT molecular complexity index is 885. The summed E-state index contributed by atoms with van der Waals surface area (Å²) in [5.74, 6) is -0.875. The monoisotopic (exact) mass is 805 g/mol. The summed E-state index contributed by atoms with van der Waals surface area (Å²) in [7, 11) is 0. The average Bonchev–Trinajstić information content (AvgIpc) is 3.21. The van der Waals surface area contributed by atoms with Crippen LogP contribution in [0.5, 0.6) is 0 Å². The van der Waals surface area contributed by atoms with E-state index < -0.39 is 6.10 Å². The topological polar surface area (TPSA) is 78.9 Å². The van der Waals surface area contributed by atoms with Gasteiger partial charge in [0.2, 0.25) is 0 Å². The zero-order valence-corrected chi connectivity index (χ0v) is 38.4. The molecule has 0 saturated carbocycles. The maximum Gasteiger partial charge on any atom is 0.306 e.